The molecule has 19 nitrogen and oxygen atoms in total. The normalized spacial score (nSPS) is 32.0. The molecule has 72 heavy (non-hydrogen) atoms. The SMILES string of the molecule is CCCCCCCCCCCCC/C=C/[C@@H](O)[C@H](CO[C@@H]1OC(CO)[C@@H](O[C@@H]2OC(COP)[C@H](O[C@H]3OC(CO)[C@H](O)[C@H](O)C3O)[C@H](O)C2O)[C@H](O)C1O)NC(=O)CCCCCCCCCCCCCCC. The van der Waals surface area contributed by atoms with Gasteiger partial charge in [0.2, 0.25) is 5.91 Å². The van der Waals surface area contributed by atoms with E-state index in [0.29, 0.717) is 6.42 Å². The van der Waals surface area contributed by atoms with Crippen LogP contribution in [0.25, 0.3) is 0 Å². The number of unbranched alkanes of at least 4 members (excludes halogenated alkanes) is 23. The molecule has 3 heterocycles. The number of carbonyl (C=O) groups excluding carboxylic acids is 1. The quantitative estimate of drug-likeness (QED) is 0.0236. The van der Waals surface area contributed by atoms with Crippen molar-refractivity contribution in [2.45, 2.75) is 285 Å². The second-order valence-corrected chi connectivity index (χ2v) is 20.5. The molecule has 3 aliphatic heterocycles. The summed E-state index contributed by atoms with van der Waals surface area (Å²) in [6.45, 7) is 2.29. The van der Waals surface area contributed by atoms with Crippen LogP contribution in [-0.4, -0.2) is 188 Å². The highest BCUT2D eigenvalue weighted by molar-refractivity contribution is 7.09. The van der Waals surface area contributed by atoms with Crippen LogP contribution < -0.4 is 5.32 Å². The van der Waals surface area contributed by atoms with Crippen molar-refractivity contribution in [1.29, 1.82) is 0 Å². The maximum atomic E-state index is 13.3. The monoisotopic (exact) mass is 1060 g/mol. The molecule has 0 radical (unpaired) electrons. The Morgan fingerprint density at radius 1 is 0.542 bits per heavy atom. The molecule has 3 rings (SSSR count). The van der Waals surface area contributed by atoms with E-state index in [0.717, 1.165) is 44.9 Å². The minimum atomic E-state index is -1.92. The Balaban J connectivity index is 1.57. The van der Waals surface area contributed by atoms with E-state index in [4.69, 9.17) is 32.9 Å². The van der Waals surface area contributed by atoms with Gasteiger partial charge in [-0.25, -0.2) is 0 Å². The van der Waals surface area contributed by atoms with Gasteiger partial charge >= 0.3 is 0 Å². The molecule has 0 aromatic heterocycles. The van der Waals surface area contributed by atoms with Crippen molar-refractivity contribution in [3.63, 3.8) is 0 Å². The summed E-state index contributed by atoms with van der Waals surface area (Å²) >= 11 is 0. The molecule has 0 saturated carbocycles. The zero-order valence-corrected chi connectivity index (χ0v) is 44.7. The molecule has 3 fully saturated rings. The van der Waals surface area contributed by atoms with Gasteiger partial charge in [-0.2, -0.15) is 0 Å². The first-order chi connectivity index (χ1) is 34.8. The highest BCUT2D eigenvalue weighted by Gasteiger charge is 2.53. The van der Waals surface area contributed by atoms with Crippen molar-refractivity contribution < 1.29 is 88.8 Å². The Bertz CT molecular complexity index is 1390. The van der Waals surface area contributed by atoms with Crippen molar-refractivity contribution >= 4 is 15.4 Å². The van der Waals surface area contributed by atoms with Crippen LogP contribution in [0.3, 0.4) is 0 Å². The molecule has 0 spiro atoms. The van der Waals surface area contributed by atoms with Crippen LogP contribution in [0.15, 0.2) is 12.2 Å². The topological polar surface area (TPSA) is 296 Å². The molecule has 7 unspecified atom stereocenters. The maximum Gasteiger partial charge on any atom is 0.220 e. The van der Waals surface area contributed by atoms with Crippen molar-refractivity contribution in [3.05, 3.63) is 12.2 Å². The lowest BCUT2D eigenvalue weighted by molar-refractivity contribution is -0.379. The number of carbonyl (C=O) groups is 1. The predicted octanol–water partition coefficient (Wildman–Crippen LogP) is 3.85. The summed E-state index contributed by atoms with van der Waals surface area (Å²) in [5.41, 5.74) is 0. The van der Waals surface area contributed by atoms with Crippen LogP contribution in [0.1, 0.15) is 181 Å². The molecule has 0 bridgehead atoms. The van der Waals surface area contributed by atoms with Crippen molar-refractivity contribution in [3.8, 4) is 0 Å². The van der Waals surface area contributed by atoms with Gasteiger partial charge in [0.1, 0.15) is 73.2 Å². The first-order valence-corrected chi connectivity index (χ1v) is 28.1. The first kappa shape index (κ1) is 65.2. The Hall–Kier alpha value is -1.04. The van der Waals surface area contributed by atoms with Crippen molar-refractivity contribution in [2.75, 3.05) is 26.4 Å². The molecule has 0 aromatic rings. The van der Waals surface area contributed by atoms with Gasteiger partial charge in [0.25, 0.3) is 0 Å². The zero-order chi connectivity index (χ0) is 52.7. The molecule has 0 aromatic carbocycles. The van der Waals surface area contributed by atoms with Gasteiger partial charge in [-0.15, -0.1) is 0 Å². The van der Waals surface area contributed by atoms with E-state index in [1.54, 1.807) is 6.08 Å². The lowest BCUT2D eigenvalue weighted by Gasteiger charge is -2.48. The molecule has 3 saturated heterocycles. The van der Waals surface area contributed by atoms with Gasteiger partial charge in [-0.3, -0.25) is 4.79 Å². The second kappa shape index (κ2) is 38.5. The van der Waals surface area contributed by atoms with E-state index in [1.807, 2.05) is 15.5 Å². The summed E-state index contributed by atoms with van der Waals surface area (Å²) in [6.07, 6.45) is 7.26. The lowest BCUT2D eigenvalue weighted by atomic mass is 9.96. The number of aliphatic hydroxyl groups excluding tert-OH is 10. The summed E-state index contributed by atoms with van der Waals surface area (Å²) < 4.78 is 39.9. The molecular formula is C52H98NO18P. The summed E-state index contributed by atoms with van der Waals surface area (Å²) in [5, 5.41) is 110. The van der Waals surface area contributed by atoms with E-state index in [9.17, 15) is 55.9 Å². The number of nitrogens with one attached hydrogen (secondary N) is 1. The van der Waals surface area contributed by atoms with Crippen LogP contribution in [-0.2, 0) is 37.7 Å². The van der Waals surface area contributed by atoms with Crippen LogP contribution >= 0.6 is 9.47 Å². The highest BCUT2D eigenvalue weighted by Crippen LogP contribution is 2.33. The minimum absolute atomic E-state index is 0.255. The average molecular weight is 1060 g/mol. The first-order valence-electron chi connectivity index (χ1n) is 27.7. The zero-order valence-electron chi connectivity index (χ0n) is 43.5. The number of hydrogen-bond donors (Lipinski definition) is 11. The van der Waals surface area contributed by atoms with Crippen LogP contribution in [0.4, 0.5) is 0 Å². The number of aliphatic hydroxyl groups is 10. The van der Waals surface area contributed by atoms with Gasteiger partial charge in [0, 0.05) is 15.9 Å². The molecule has 20 heteroatoms. The van der Waals surface area contributed by atoms with E-state index >= 15 is 0 Å². The summed E-state index contributed by atoms with van der Waals surface area (Å²) in [5.74, 6) is -0.268. The van der Waals surface area contributed by atoms with E-state index in [-0.39, 0.29) is 25.5 Å². The number of allylic oxidation sites excluding steroid dienone is 1. The van der Waals surface area contributed by atoms with Crippen LogP contribution in [0.5, 0.6) is 0 Å². The summed E-state index contributed by atoms with van der Waals surface area (Å²) in [7, 11) is 1.98. The van der Waals surface area contributed by atoms with Crippen molar-refractivity contribution in [2.24, 2.45) is 0 Å². The summed E-state index contributed by atoms with van der Waals surface area (Å²) in [6, 6.07) is -0.955. The Morgan fingerprint density at radius 2 is 0.958 bits per heavy atom. The molecule has 18 atom stereocenters. The summed E-state index contributed by atoms with van der Waals surface area (Å²) in [4.78, 5) is 13.3. The Morgan fingerprint density at radius 3 is 1.44 bits per heavy atom. The van der Waals surface area contributed by atoms with Crippen LogP contribution in [0, 0.1) is 0 Å². The Kier molecular flexibility index (Phi) is 34.9. The molecule has 0 aliphatic carbocycles. The number of rotatable bonds is 40. The van der Waals surface area contributed by atoms with Gasteiger partial charge in [0.05, 0.1) is 38.6 Å². The van der Waals surface area contributed by atoms with Gasteiger partial charge in [-0.05, 0) is 19.3 Å². The Labute approximate surface area is 432 Å². The van der Waals surface area contributed by atoms with Crippen LogP contribution in [0.2, 0.25) is 0 Å². The molecule has 11 N–H and O–H groups in total. The lowest BCUT2D eigenvalue weighted by Crippen LogP contribution is -2.66. The molecular weight excluding hydrogens is 958 g/mol. The van der Waals surface area contributed by atoms with E-state index in [2.05, 4.69) is 19.2 Å². The fourth-order valence-corrected chi connectivity index (χ4v) is 9.76. The third-order valence-corrected chi connectivity index (χ3v) is 14.4. The number of amides is 1. The van der Waals surface area contributed by atoms with E-state index in [1.165, 1.54) is 109 Å². The van der Waals surface area contributed by atoms with Gasteiger partial charge in [0.15, 0.2) is 18.9 Å². The fourth-order valence-electron chi connectivity index (χ4n) is 9.57. The number of hydrogen-bond acceptors (Lipinski definition) is 18. The molecule has 424 valence electrons. The average Bonchev–Trinajstić information content (AvgIpc) is 3.37. The van der Waals surface area contributed by atoms with Crippen molar-refractivity contribution in [1.82, 2.24) is 5.32 Å². The minimum Gasteiger partial charge on any atom is -0.394 e. The third-order valence-electron chi connectivity index (χ3n) is 14.2. The largest absolute Gasteiger partial charge is 0.394 e. The smallest absolute Gasteiger partial charge is 0.220 e. The third kappa shape index (κ3) is 23.3. The van der Waals surface area contributed by atoms with Gasteiger partial charge in [-0.1, -0.05) is 167 Å². The fraction of sp³-hybridized carbons (Fsp3) is 0.942. The highest BCUT2D eigenvalue weighted by atomic mass is 31.0. The van der Waals surface area contributed by atoms with Gasteiger partial charge < -0.3 is 89.3 Å². The predicted molar refractivity (Wildman–Crippen MR) is 272 cm³/mol. The standard InChI is InChI=1S/C52H98NO18P/c1-3-5-7-9-11-13-15-17-19-21-23-25-27-29-36(56)35(53-40(57)30-28-26-24-22-20-18-16-14-12-10-8-6-4-2)33-65-50-46(63)43(60)48(38(32-55)68-50)70-52-47(64)44(61)49(39(69-52)34-66-72)71-51-45(62)42(59)41(58)37(31-54)67-51/h27,29,35-39,41-52,54-56,58-64H,3-26,28,30-34,72H2,1-2H3,(H,53,57)/b29-27+/t35-,36+,37?,38?,39?,41-,42-,43+,44+,45?,46?,47?,48+,49-,50+,51+,52-/m0/s1. The van der Waals surface area contributed by atoms with E-state index < -0.39 is 117 Å². The number of ether oxygens (including phenoxy) is 6. The molecule has 1 amide bonds. The molecule has 3 aliphatic rings. The maximum absolute atomic E-state index is 13.3. The second-order valence-electron chi connectivity index (χ2n) is 20.2.